The van der Waals surface area contributed by atoms with Crippen LogP contribution in [0.4, 0.5) is 11.4 Å². The highest BCUT2D eigenvalue weighted by atomic mass is 35.5. The molecule has 0 aromatic heterocycles. The standard InChI is InChI=1S/C15H14Cl2N2S/c1-9-6-7-10(2)13(8-9)18-15(20)19-14-11(16)4-3-5-12(14)17/h3-8H,1-2H3,(H2,18,19,20). The van der Waals surface area contributed by atoms with Crippen LogP contribution in [0.5, 0.6) is 0 Å². The maximum absolute atomic E-state index is 6.10. The van der Waals surface area contributed by atoms with E-state index in [1.807, 2.05) is 26.0 Å². The van der Waals surface area contributed by atoms with Crippen molar-refractivity contribution < 1.29 is 0 Å². The van der Waals surface area contributed by atoms with Crippen LogP contribution in [0.15, 0.2) is 36.4 Å². The van der Waals surface area contributed by atoms with Crippen molar-refractivity contribution in [1.29, 1.82) is 0 Å². The van der Waals surface area contributed by atoms with Gasteiger partial charge in [0, 0.05) is 5.69 Å². The molecular formula is C15H14Cl2N2S. The number of rotatable bonds is 2. The number of anilines is 2. The average Bonchev–Trinajstić information content (AvgIpc) is 2.38. The lowest BCUT2D eigenvalue weighted by Gasteiger charge is -2.14. The molecule has 0 aliphatic rings. The van der Waals surface area contributed by atoms with E-state index in [2.05, 4.69) is 16.7 Å². The largest absolute Gasteiger partial charge is 0.332 e. The van der Waals surface area contributed by atoms with Gasteiger partial charge in [-0.3, -0.25) is 0 Å². The van der Waals surface area contributed by atoms with E-state index in [1.165, 1.54) is 0 Å². The third-order valence-corrected chi connectivity index (χ3v) is 3.68. The molecule has 0 amide bonds. The molecule has 104 valence electrons. The van der Waals surface area contributed by atoms with Gasteiger partial charge in [0.1, 0.15) is 0 Å². The summed E-state index contributed by atoms with van der Waals surface area (Å²) < 4.78 is 0. The first-order chi connectivity index (χ1) is 9.47. The molecule has 5 heteroatoms. The molecule has 0 radical (unpaired) electrons. The molecule has 0 aliphatic carbocycles. The summed E-state index contributed by atoms with van der Waals surface area (Å²) in [4.78, 5) is 0. The SMILES string of the molecule is Cc1ccc(C)c(NC(=S)Nc2c(Cl)cccc2Cl)c1. The summed E-state index contributed by atoms with van der Waals surface area (Å²) in [6.45, 7) is 4.05. The molecule has 2 N–H and O–H groups in total. The summed E-state index contributed by atoms with van der Waals surface area (Å²) in [7, 11) is 0. The molecule has 0 aliphatic heterocycles. The zero-order valence-corrected chi connectivity index (χ0v) is 13.5. The number of benzene rings is 2. The lowest BCUT2D eigenvalue weighted by molar-refractivity contribution is 1.39. The Kier molecular flexibility index (Phi) is 4.86. The summed E-state index contributed by atoms with van der Waals surface area (Å²) in [5.41, 5.74) is 3.85. The predicted molar refractivity (Wildman–Crippen MR) is 92.2 cm³/mol. The van der Waals surface area contributed by atoms with Crippen molar-refractivity contribution in [3.05, 3.63) is 57.6 Å². The molecule has 0 saturated heterocycles. The molecule has 0 atom stereocenters. The highest BCUT2D eigenvalue weighted by Gasteiger charge is 2.08. The Morgan fingerprint density at radius 2 is 1.65 bits per heavy atom. The van der Waals surface area contributed by atoms with E-state index in [9.17, 15) is 0 Å². The Labute approximate surface area is 134 Å². The van der Waals surface area contributed by atoms with Gasteiger partial charge >= 0.3 is 0 Å². The minimum atomic E-state index is 0.453. The monoisotopic (exact) mass is 324 g/mol. The lowest BCUT2D eigenvalue weighted by Crippen LogP contribution is -2.20. The van der Waals surface area contributed by atoms with Crippen molar-refractivity contribution in [3.8, 4) is 0 Å². The van der Waals surface area contributed by atoms with Gasteiger partial charge in [-0.2, -0.15) is 0 Å². The molecule has 0 spiro atoms. The predicted octanol–water partition coefficient (Wildman–Crippen LogP) is 5.42. The molecular weight excluding hydrogens is 311 g/mol. The zero-order valence-electron chi connectivity index (χ0n) is 11.1. The van der Waals surface area contributed by atoms with Gasteiger partial charge in [-0.1, -0.05) is 41.4 Å². The Morgan fingerprint density at radius 3 is 2.30 bits per heavy atom. The van der Waals surface area contributed by atoms with Gasteiger partial charge in [-0.25, -0.2) is 0 Å². The van der Waals surface area contributed by atoms with E-state index < -0.39 is 0 Å². The molecule has 0 unspecified atom stereocenters. The summed E-state index contributed by atoms with van der Waals surface area (Å²) in [5, 5.41) is 7.70. The van der Waals surface area contributed by atoms with E-state index >= 15 is 0 Å². The van der Waals surface area contributed by atoms with Gasteiger partial charge in [0.15, 0.2) is 5.11 Å². The molecule has 2 aromatic carbocycles. The number of thiocarbonyl (C=S) groups is 1. The fourth-order valence-electron chi connectivity index (χ4n) is 1.75. The molecule has 0 saturated carbocycles. The molecule has 2 nitrogen and oxygen atoms in total. The number of para-hydroxylation sites is 1. The smallest absolute Gasteiger partial charge is 0.175 e. The maximum atomic E-state index is 6.10. The van der Waals surface area contributed by atoms with Crippen molar-refractivity contribution in [1.82, 2.24) is 0 Å². The molecule has 20 heavy (non-hydrogen) atoms. The van der Waals surface area contributed by atoms with Crippen LogP contribution in [0, 0.1) is 13.8 Å². The fraction of sp³-hybridized carbons (Fsp3) is 0.133. The highest BCUT2D eigenvalue weighted by Crippen LogP contribution is 2.30. The van der Waals surface area contributed by atoms with Gasteiger partial charge in [0.05, 0.1) is 15.7 Å². The van der Waals surface area contributed by atoms with Crippen LogP contribution in [-0.4, -0.2) is 5.11 Å². The Bertz CT molecular complexity index is 636. The third-order valence-electron chi connectivity index (χ3n) is 2.84. The van der Waals surface area contributed by atoms with Crippen molar-refractivity contribution in [2.45, 2.75) is 13.8 Å². The quantitative estimate of drug-likeness (QED) is 0.721. The first kappa shape index (κ1) is 15.1. The average molecular weight is 325 g/mol. The first-order valence-electron chi connectivity index (χ1n) is 6.06. The second-order valence-electron chi connectivity index (χ2n) is 4.49. The van der Waals surface area contributed by atoms with Gasteiger partial charge in [0.2, 0.25) is 0 Å². The van der Waals surface area contributed by atoms with Crippen LogP contribution in [0.1, 0.15) is 11.1 Å². The van der Waals surface area contributed by atoms with E-state index in [0.717, 1.165) is 16.8 Å². The summed E-state index contributed by atoms with van der Waals surface area (Å²) in [5.74, 6) is 0. The molecule has 2 rings (SSSR count). The minimum Gasteiger partial charge on any atom is -0.332 e. The van der Waals surface area contributed by atoms with Gasteiger partial charge in [-0.05, 0) is 55.4 Å². The number of halogens is 2. The third kappa shape index (κ3) is 3.63. The Balaban J connectivity index is 2.15. The van der Waals surface area contributed by atoms with Crippen molar-refractivity contribution >= 4 is 51.9 Å². The fourth-order valence-corrected chi connectivity index (χ4v) is 2.46. The topological polar surface area (TPSA) is 24.1 Å². The normalized spacial score (nSPS) is 10.2. The van der Waals surface area contributed by atoms with Crippen LogP contribution >= 0.6 is 35.4 Å². The zero-order chi connectivity index (χ0) is 14.7. The van der Waals surface area contributed by atoms with Crippen molar-refractivity contribution in [2.24, 2.45) is 0 Å². The molecule has 0 bridgehead atoms. The Morgan fingerprint density at radius 1 is 1.00 bits per heavy atom. The van der Waals surface area contributed by atoms with Gasteiger partial charge in [0.25, 0.3) is 0 Å². The second kappa shape index (κ2) is 6.44. The molecule has 0 fully saturated rings. The van der Waals surface area contributed by atoms with E-state index in [1.54, 1.807) is 18.2 Å². The van der Waals surface area contributed by atoms with Crippen LogP contribution in [0.2, 0.25) is 10.0 Å². The number of aryl methyl sites for hydroxylation is 2. The second-order valence-corrected chi connectivity index (χ2v) is 5.72. The van der Waals surface area contributed by atoms with Crippen LogP contribution in [0.3, 0.4) is 0 Å². The Hall–Kier alpha value is -1.29. The lowest BCUT2D eigenvalue weighted by atomic mass is 10.1. The van der Waals surface area contributed by atoms with Crippen LogP contribution < -0.4 is 10.6 Å². The summed E-state index contributed by atoms with van der Waals surface area (Å²) in [6, 6.07) is 11.5. The van der Waals surface area contributed by atoms with Crippen molar-refractivity contribution in [3.63, 3.8) is 0 Å². The van der Waals surface area contributed by atoms with E-state index in [-0.39, 0.29) is 0 Å². The van der Waals surface area contributed by atoms with E-state index in [4.69, 9.17) is 35.4 Å². The summed E-state index contributed by atoms with van der Waals surface area (Å²) in [6.07, 6.45) is 0. The van der Waals surface area contributed by atoms with Crippen LogP contribution in [-0.2, 0) is 0 Å². The number of hydrogen-bond acceptors (Lipinski definition) is 1. The highest BCUT2D eigenvalue weighted by molar-refractivity contribution is 7.80. The number of nitrogens with one attached hydrogen (secondary N) is 2. The van der Waals surface area contributed by atoms with E-state index in [0.29, 0.717) is 20.8 Å². The first-order valence-corrected chi connectivity index (χ1v) is 7.23. The maximum Gasteiger partial charge on any atom is 0.175 e. The van der Waals surface area contributed by atoms with Crippen molar-refractivity contribution in [2.75, 3.05) is 10.6 Å². The number of hydrogen-bond donors (Lipinski definition) is 2. The van der Waals surface area contributed by atoms with Gasteiger partial charge < -0.3 is 10.6 Å². The summed E-state index contributed by atoms with van der Waals surface area (Å²) >= 11 is 17.5. The van der Waals surface area contributed by atoms with Gasteiger partial charge in [-0.15, -0.1) is 0 Å². The molecule has 0 heterocycles. The molecule has 2 aromatic rings. The minimum absolute atomic E-state index is 0.453. The van der Waals surface area contributed by atoms with Crippen LogP contribution in [0.25, 0.3) is 0 Å².